The number of carboxylic acid groups (broad SMARTS) is 1. The Morgan fingerprint density at radius 1 is 1.50 bits per heavy atom. The molecule has 16 heavy (non-hydrogen) atoms. The van der Waals surface area contributed by atoms with Crippen LogP contribution in [0.5, 0.6) is 0 Å². The van der Waals surface area contributed by atoms with Gasteiger partial charge in [0, 0.05) is 6.04 Å². The number of aliphatic hydroxyl groups excluding tert-OH is 1. The quantitative estimate of drug-likeness (QED) is 0.677. The molecule has 0 bridgehead atoms. The van der Waals surface area contributed by atoms with Crippen LogP contribution in [-0.4, -0.2) is 28.8 Å². The molecule has 1 aromatic rings. The molecule has 1 aromatic heterocycles. The minimum atomic E-state index is -1.08. The molecule has 0 radical (unpaired) electrons. The van der Waals surface area contributed by atoms with Crippen LogP contribution in [0.15, 0.2) is 16.5 Å². The van der Waals surface area contributed by atoms with Crippen LogP contribution in [-0.2, 0) is 6.54 Å². The Morgan fingerprint density at radius 3 is 2.62 bits per heavy atom. The second-order valence-corrected chi connectivity index (χ2v) is 3.99. The molecule has 1 unspecified atom stereocenters. The van der Waals surface area contributed by atoms with Crippen molar-refractivity contribution in [3.05, 3.63) is 23.7 Å². The van der Waals surface area contributed by atoms with Crippen molar-refractivity contribution in [3.63, 3.8) is 0 Å². The normalized spacial score (nSPS) is 13.0. The van der Waals surface area contributed by atoms with E-state index in [0.29, 0.717) is 18.2 Å². The highest BCUT2D eigenvalue weighted by Gasteiger charge is 2.13. The van der Waals surface area contributed by atoms with Gasteiger partial charge in [-0.05, 0) is 18.1 Å². The van der Waals surface area contributed by atoms with Crippen molar-refractivity contribution in [2.24, 2.45) is 5.92 Å². The van der Waals surface area contributed by atoms with E-state index in [1.807, 2.05) is 13.8 Å². The molecule has 0 aliphatic rings. The maximum absolute atomic E-state index is 10.6. The molecule has 0 aliphatic heterocycles. The fraction of sp³-hybridized carbons (Fsp3) is 0.545. The van der Waals surface area contributed by atoms with E-state index in [-0.39, 0.29) is 18.4 Å². The Bertz CT molecular complexity index is 346. The average molecular weight is 227 g/mol. The second kappa shape index (κ2) is 5.67. The minimum absolute atomic E-state index is 0.0154. The predicted molar refractivity (Wildman–Crippen MR) is 58.2 cm³/mol. The number of aromatic carboxylic acids is 1. The fourth-order valence-electron chi connectivity index (χ4n) is 1.33. The molecule has 0 saturated carbocycles. The van der Waals surface area contributed by atoms with Crippen molar-refractivity contribution in [2.75, 3.05) is 6.61 Å². The Morgan fingerprint density at radius 2 is 2.19 bits per heavy atom. The number of furan rings is 1. The third kappa shape index (κ3) is 3.36. The highest BCUT2D eigenvalue weighted by Crippen LogP contribution is 2.09. The second-order valence-electron chi connectivity index (χ2n) is 3.99. The number of carbonyl (C=O) groups is 1. The summed E-state index contributed by atoms with van der Waals surface area (Å²) in [5.74, 6) is -0.286. The smallest absolute Gasteiger partial charge is 0.371 e. The monoisotopic (exact) mass is 227 g/mol. The highest BCUT2D eigenvalue weighted by atomic mass is 16.4. The van der Waals surface area contributed by atoms with E-state index in [2.05, 4.69) is 5.32 Å². The van der Waals surface area contributed by atoms with Crippen molar-refractivity contribution in [1.82, 2.24) is 5.32 Å². The maximum Gasteiger partial charge on any atom is 0.371 e. The molecule has 0 fully saturated rings. The van der Waals surface area contributed by atoms with Crippen LogP contribution in [0.1, 0.15) is 30.2 Å². The summed E-state index contributed by atoms with van der Waals surface area (Å²) < 4.78 is 5.08. The molecule has 0 spiro atoms. The third-order valence-corrected chi connectivity index (χ3v) is 2.41. The molecule has 0 amide bonds. The zero-order valence-corrected chi connectivity index (χ0v) is 9.43. The van der Waals surface area contributed by atoms with Gasteiger partial charge in [-0.25, -0.2) is 4.79 Å². The van der Waals surface area contributed by atoms with Crippen LogP contribution in [0.2, 0.25) is 0 Å². The van der Waals surface area contributed by atoms with Gasteiger partial charge in [0.25, 0.3) is 0 Å². The standard InChI is InChI=1S/C11H17NO4/c1-7(2)9(6-13)12-5-8-3-4-10(16-8)11(14)15/h3-4,7,9,12-13H,5-6H2,1-2H3,(H,14,15). The molecule has 90 valence electrons. The van der Waals surface area contributed by atoms with Crippen molar-refractivity contribution in [3.8, 4) is 0 Å². The van der Waals surface area contributed by atoms with Crippen molar-refractivity contribution < 1.29 is 19.4 Å². The van der Waals surface area contributed by atoms with Gasteiger partial charge in [0.15, 0.2) is 0 Å². The summed E-state index contributed by atoms with van der Waals surface area (Å²) in [5.41, 5.74) is 0. The maximum atomic E-state index is 10.6. The van der Waals surface area contributed by atoms with Crippen LogP contribution in [0.25, 0.3) is 0 Å². The number of carboxylic acids is 1. The molecule has 1 heterocycles. The van der Waals surface area contributed by atoms with E-state index in [9.17, 15) is 4.79 Å². The lowest BCUT2D eigenvalue weighted by atomic mass is 10.1. The van der Waals surface area contributed by atoms with Gasteiger partial charge in [-0.2, -0.15) is 0 Å². The molecule has 5 nitrogen and oxygen atoms in total. The molecule has 0 saturated heterocycles. The van der Waals surface area contributed by atoms with Gasteiger partial charge in [-0.1, -0.05) is 13.8 Å². The molecule has 5 heteroatoms. The van der Waals surface area contributed by atoms with Gasteiger partial charge < -0.3 is 19.9 Å². The van der Waals surface area contributed by atoms with Crippen LogP contribution in [0.3, 0.4) is 0 Å². The zero-order chi connectivity index (χ0) is 12.1. The van der Waals surface area contributed by atoms with Gasteiger partial charge in [0.05, 0.1) is 13.2 Å². The minimum Gasteiger partial charge on any atom is -0.475 e. The molecular weight excluding hydrogens is 210 g/mol. The summed E-state index contributed by atoms with van der Waals surface area (Å²) in [5, 5.41) is 20.8. The summed E-state index contributed by atoms with van der Waals surface area (Å²) in [6.07, 6.45) is 0. The number of rotatable bonds is 6. The molecule has 0 aromatic carbocycles. The fourth-order valence-corrected chi connectivity index (χ4v) is 1.33. The topological polar surface area (TPSA) is 82.7 Å². The lowest BCUT2D eigenvalue weighted by Crippen LogP contribution is -2.36. The van der Waals surface area contributed by atoms with E-state index >= 15 is 0 Å². The van der Waals surface area contributed by atoms with Crippen LogP contribution in [0, 0.1) is 5.92 Å². The first-order valence-corrected chi connectivity index (χ1v) is 5.20. The van der Waals surface area contributed by atoms with E-state index in [0.717, 1.165) is 0 Å². The third-order valence-electron chi connectivity index (χ3n) is 2.41. The summed E-state index contributed by atoms with van der Waals surface area (Å²) in [7, 11) is 0. The Labute approximate surface area is 94.1 Å². The van der Waals surface area contributed by atoms with Gasteiger partial charge in [-0.3, -0.25) is 0 Å². The first kappa shape index (κ1) is 12.7. The van der Waals surface area contributed by atoms with Crippen LogP contribution < -0.4 is 5.32 Å². The van der Waals surface area contributed by atoms with Crippen LogP contribution >= 0.6 is 0 Å². The van der Waals surface area contributed by atoms with Gasteiger partial charge in [0.1, 0.15) is 5.76 Å². The summed E-state index contributed by atoms with van der Waals surface area (Å²) in [6, 6.07) is 3.02. The van der Waals surface area contributed by atoms with Gasteiger partial charge in [-0.15, -0.1) is 0 Å². The molecular formula is C11H17NO4. The number of aliphatic hydroxyl groups is 1. The van der Waals surface area contributed by atoms with Crippen molar-refractivity contribution in [1.29, 1.82) is 0 Å². The Kier molecular flexibility index (Phi) is 4.52. The zero-order valence-electron chi connectivity index (χ0n) is 9.43. The van der Waals surface area contributed by atoms with Crippen molar-refractivity contribution >= 4 is 5.97 Å². The number of nitrogens with one attached hydrogen (secondary N) is 1. The molecule has 1 atom stereocenters. The first-order valence-electron chi connectivity index (χ1n) is 5.20. The summed E-state index contributed by atoms with van der Waals surface area (Å²) in [4.78, 5) is 10.6. The first-order chi connectivity index (χ1) is 7.54. The van der Waals surface area contributed by atoms with Crippen molar-refractivity contribution in [2.45, 2.75) is 26.4 Å². The van der Waals surface area contributed by atoms with E-state index in [1.54, 1.807) is 6.07 Å². The predicted octanol–water partition coefficient (Wildman–Crippen LogP) is 1.08. The van der Waals surface area contributed by atoms with Gasteiger partial charge >= 0.3 is 5.97 Å². The summed E-state index contributed by atoms with van der Waals surface area (Å²) >= 11 is 0. The van der Waals surface area contributed by atoms with E-state index < -0.39 is 5.97 Å². The van der Waals surface area contributed by atoms with E-state index in [4.69, 9.17) is 14.6 Å². The molecule has 3 N–H and O–H groups in total. The Balaban J connectivity index is 2.50. The largest absolute Gasteiger partial charge is 0.475 e. The molecule has 0 aliphatic carbocycles. The lowest BCUT2D eigenvalue weighted by molar-refractivity contribution is 0.0659. The van der Waals surface area contributed by atoms with Gasteiger partial charge in [0.2, 0.25) is 5.76 Å². The SMILES string of the molecule is CC(C)C(CO)NCc1ccc(C(=O)O)o1. The number of hydrogen-bond acceptors (Lipinski definition) is 4. The highest BCUT2D eigenvalue weighted by molar-refractivity contribution is 5.84. The average Bonchev–Trinajstić information content (AvgIpc) is 2.67. The van der Waals surface area contributed by atoms with E-state index in [1.165, 1.54) is 6.07 Å². The molecule has 1 rings (SSSR count). The number of hydrogen-bond donors (Lipinski definition) is 3. The lowest BCUT2D eigenvalue weighted by Gasteiger charge is -2.18. The van der Waals surface area contributed by atoms with Crippen LogP contribution in [0.4, 0.5) is 0 Å². The summed E-state index contributed by atoms with van der Waals surface area (Å²) in [6.45, 7) is 4.46. The Hall–Kier alpha value is -1.33.